The number of urea groups is 1. The van der Waals surface area contributed by atoms with Gasteiger partial charge in [0, 0.05) is 13.0 Å². The zero-order valence-electron chi connectivity index (χ0n) is 28.8. The maximum Gasteiger partial charge on any atom is 0.472 e. The van der Waals surface area contributed by atoms with E-state index in [1.165, 1.54) is 4.90 Å². The maximum absolute atomic E-state index is 13.2. The number of hydrogen-bond acceptors (Lipinski definition) is 12. The average Bonchev–Trinajstić information content (AvgIpc) is 3.69. The van der Waals surface area contributed by atoms with E-state index >= 15 is 0 Å². The minimum Gasteiger partial charge on any atom is -0.497 e. The SMILES string of the molecule is COc1ccc(C(OC[C@H]2OC(=O)C[C@@H]2OP(=O)(O)OC[C@H]2O[C@@H](N3CC(C)C(=O)NC3=O)C[C@@H]2O)(c2ccccc2)c2ccc(OC)cc2)cc1. The second kappa shape index (κ2) is 15.7. The molecule has 3 heterocycles. The predicted molar refractivity (Wildman–Crippen MR) is 182 cm³/mol. The van der Waals surface area contributed by atoms with Crippen molar-refractivity contribution < 1.29 is 61.7 Å². The lowest BCUT2D eigenvalue weighted by Crippen LogP contribution is -2.57. The molecule has 7 atom stereocenters. The van der Waals surface area contributed by atoms with Crippen LogP contribution in [0.25, 0.3) is 0 Å². The number of hydrogen-bond donors (Lipinski definition) is 3. The third kappa shape index (κ3) is 8.01. The summed E-state index contributed by atoms with van der Waals surface area (Å²) in [6, 6.07) is 23.4. The molecule has 16 heteroatoms. The molecule has 3 aromatic rings. The summed E-state index contributed by atoms with van der Waals surface area (Å²) >= 11 is 0. The summed E-state index contributed by atoms with van der Waals surface area (Å²) < 4.78 is 52.8. The van der Waals surface area contributed by atoms with Gasteiger partial charge in [0.05, 0.1) is 45.9 Å². The van der Waals surface area contributed by atoms with E-state index < -0.39 is 74.5 Å². The first kappa shape index (κ1) is 37.4. The van der Waals surface area contributed by atoms with Crippen LogP contribution in [0.1, 0.15) is 36.5 Å². The summed E-state index contributed by atoms with van der Waals surface area (Å²) in [6.45, 7) is 0.910. The number of ether oxygens (including phenoxy) is 5. The number of rotatable bonds is 14. The Balaban J connectivity index is 1.18. The van der Waals surface area contributed by atoms with E-state index in [2.05, 4.69) is 5.32 Å². The Kier molecular flexibility index (Phi) is 11.3. The molecule has 0 bridgehead atoms. The number of imide groups is 1. The van der Waals surface area contributed by atoms with E-state index in [-0.39, 0.29) is 26.0 Å². The Morgan fingerprint density at radius 1 is 0.885 bits per heavy atom. The number of amides is 3. The topological polar surface area (TPSA) is 189 Å². The molecule has 52 heavy (non-hydrogen) atoms. The van der Waals surface area contributed by atoms with Gasteiger partial charge in [0.15, 0.2) is 6.10 Å². The lowest BCUT2D eigenvalue weighted by molar-refractivity contribution is -0.146. The van der Waals surface area contributed by atoms with Crippen molar-refractivity contribution in [3.8, 4) is 11.5 Å². The van der Waals surface area contributed by atoms with E-state index in [1.807, 2.05) is 54.6 Å². The van der Waals surface area contributed by atoms with E-state index in [1.54, 1.807) is 45.4 Å². The van der Waals surface area contributed by atoms with Crippen LogP contribution in [0.2, 0.25) is 0 Å². The van der Waals surface area contributed by atoms with Gasteiger partial charge < -0.3 is 33.7 Å². The van der Waals surface area contributed by atoms with Gasteiger partial charge in [-0.1, -0.05) is 61.5 Å². The van der Waals surface area contributed by atoms with Gasteiger partial charge in [-0.05, 0) is 41.0 Å². The highest BCUT2D eigenvalue weighted by molar-refractivity contribution is 7.47. The van der Waals surface area contributed by atoms with Gasteiger partial charge in [0.25, 0.3) is 0 Å². The van der Waals surface area contributed by atoms with Crippen molar-refractivity contribution in [2.75, 3.05) is 34.0 Å². The number of aliphatic hydroxyl groups is 1. The predicted octanol–water partition coefficient (Wildman–Crippen LogP) is 3.49. The zero-order valence-corrected chi connectivity index (χ0v) is 29.7. The quantitative estimate of drug-likeness (QED) is 0.124. The Bertz CT molecular complexity index is 1730. The second-order valence-corrected chi connectivity index (χ2v) is 14.1. The highest BCUT2D eigenvalue weighted by Crippen LogP contribution is 2.48. The smallest absolute Gasteiger partial charge is 0.472 e. The standard InChI is InChI=1S/C36H41N2O13P/c1-22-19-38(35(42)37-34(22)41)32-17-28(39)30(49-32)21-48-52(43,44)51-29-18-33(40)50-31(29)20-47-36(23-7-5-4-6-8-23,24-9-13-26(45-2)14-10-24)25-11-15-27(46-3)16-12-25/h4-16,22,28-32,39H,17-21H2,1-3H3,(H,43,44)(H,37,41,42)/t22?,28-,29-,30+,31+,32+/m0/s1. The first-order chi connectivity index (χ1) is 24.9. The van der Waals surface area contributed by atoms with Crippen LogP contribution in [0.15, 0.2) is 78.9 Å². The lowest BCUT2D eigenvalue weighted by atomic mass is 9.80. The van der Waals surface area contributed by atoms with Crippen LogP contribution >= 0.6 is 7.82 Å². The molecule has 3 fully saturated rings. The fourth-order valence-corrected chi connectivity index (χ4v) is 7.50. The monoisotopic (exact) mass is 740 g/mol. The molecule has 3 aromatic carbocycles. The maximum atomic E-state index is 13.2. The molecule has 15 nitrogen and oxygen atoms in total. The van der Waals surface area contributed by atoms with Crippen LogP contribution in [-0.4, -0.2) is 97.4 Å². The van der Waals surface area contributed by atoms with E-state index in [9.17, 15) is 28.9 Å². The largest absolute Gasteiger partial charge is 0.497 e. The van der Waals surface area contributed by atoms with Crippen LogP contribution in [0.3, 0.4) is 0 Å². The van der Waals surface area contributed by atoms with Crippen LogP contribution in [0.5, 0.6) is 11.5 Å². The fourth-order valence-electron chi connectivity index (χ4n) is 6.55. The molecule has 3 aliphatic rings. The van der Waals surface area contributed by atoms with Crippen molar-refractivity contribution in [2.45, 2.75) is 56.0 Å². The molecule has 0 aromatic heterocycles. The number of nitrogens with zero attached hydrogens (tertiary/aromatic N) is 1. The van der Waals surface area contributed by atoms with Gasteiger partial charge in [-0.25, -0.2) is 9.36 Å². The minimum atomic E-state index is -4.87. The van der Waals surface area contributed by atoms with Crippen molar-refractivity contribution in [3.05, 3.63) is 95.6 Å². The van der Waals surface area contributed by atoms with E-state index in [4.69, 9.17) is 32.7 Å². The molecule has 3 saturated heterocycles. The first-order valence-corrected chi connectivity index (χ1v) is 18.2. The van der Waals surface area contributed by atoms with Gasteiger partial charge in [-0.15, -0.1) is 0 Å². The van der Waals surface area contributed by atoms with Crippen molar-refractivity contribution in [1.82, 2.24) is 10.2 Å². The molecule has 6 rings (SSSR count). The molecule has 3 N–H and O–H groups in total. The number of benzene rings is 3. The van der Waals surface area contributed by atoms with Crippen LogP contribution < -0.4 is 14.8 Å². The lowest BCUT2D eigenvalue weighted by Gasteiger charge is -2.37. The summed E-state index contributed by atoms with van der Waals surface area (Å²) in [4.78, 5) is 48.8. The summed E-state index contributed by atoms with van der Waals surface area (Å²) in [6.07, 6.45) is -5.83. The number of carbonyl (C=O) groups is 3. The Hall–Kier alpha value is -4.34. The molecule has 0 radical (unpaired) electrons. The Labute approximate surface area is 300 Å². The number of methoxy groups -OCH3 is 2. The van der Waals surface area contributed by atoms with Gasteiger partial charge in [0.1, 0.15) is 35.5 Å². The number of phosphoric ester groups is 1. The number of aliphatic hydroxyl groups excluding tert-OH is 1. The molecule has 278 valence electrons. The van der Waals surface area contributed by atoms with Crippen LogP contribution in [-0.2, 0) is 43.0 Å². The van der Waals surface area contributed by atoms with Gasteiger partial charge in [-0.2, -0.15) is 0 Å². The van der Waals surface area contributed by atoms with Crippen molar-refractivity contribution >= 4 is 25.7 Å². The van der Waals surface area contributed by atoms with Crippen LogP contribution in [0.4, 0.5) is 4.79 Å². The first-order valence-electron chi connectivity index (χ1n) is 16.7. The third-order valence-corrected chi connectivity index (χ3v) is 10.3. The molecule has 0 aliphatic carbocycles. The van der Waals surface area contributed by atoms with E-state index in [0.29, 0.717) is 11.5 Å². The molecule has 3 aliphatic heterocycles. The van der Waals surface area contributed by atoms with E-state index in [0.717, 1.165) is 16.7 Å². The highest BCUT2D eigenvalue weighted by Gasteiger charge is 2.47. The number of carbonyl (C=O) groups excluding carboxylic acids is 3. The summed E-state index contributed by atoms with van der Waals surface area (Å²) in [5.41, 5.74) is 0.930. The third-order valence-electron chi connectivity index (χ3n) is 9.33. The normalized spacial score (nSPS) is 26.1. The van der Waals surface area contributed by atoms with Gasteiger partial charge in [0.2, 0.25) is 5.91 Å². The molecule has 0 spiro atoms. The average molecular weight is 741 g/mol. The van der Waals surface area contributed by atoms with Crippen LogP contribution in [0, 0.1) is 5.92 Å². The fraction of sp³-hybridized carbons (Fsp3) is 0.417. The summed E-state index contributed by atoms with van der Waals surface area (Å²) in [5, 5.41) is 12.8. The highest BCUT2D eigenvalue weighted by atomic mass is 31.2. The zero-order chi connectivity index (χ0) is 37.0. The van der Waals surface area contributed by atoms with Gasteiger partial charge >= 0.3 is 19.8 Å². The molecule has 0 saturated carbocycles. The molecule has 2 unspecified atom stereocenters. The van der Waals surface area contributed by atoms with Crippen molar-refractivity contribution in [1.29, 1.82) is 0 Å². The Morgan fingerprint density at radius 3 is 2.08 bits per heavy atom. The van der Waals surface area contributed by atoms with Crippen molar-refractivity contribution in [3.63, 3.8) is 0 Å². The number of phosphoric acid groups is 1. The van der Waals surface area contributed by atoms with Crippen molar-refractivity contribution in [2.24, 2.45) is 5.92 Å². The number of nitrogens with one attached hydrogen (secondary N) is 1. The molecular weight excluding hydrogens is 699 g/mol. The summed E-state index contributed by atoms with van der Waals surface area (Å²) in [5.74, 6) is -0.303. The van der Waals surface area contributed by atoms with Gasteiger partial charge in [-0.3, -0.25) is 28.9 Å². The number of esters is 1. The Morgan fingerprint density at radius 2 is 1.48 bits per heavy atom. The molecule has 3 amide bonds. The minimum absolute atomic E-state index is 0.00508. The second-order valence-electron chi connectivity index (χ2n) is 12.7. The molecular formula is C36H41N2O13P. The number of cyclic esters (lactones) is 1. The summed E-state index contributed by atoms with van der Waals surface area (Å²) in [7, 11) is -1.73.